The second-order valence-electron chi connectivity index (χ2n) is 5.07. The van der Waals surface area contributed by atoms with Crippen LogP contribution < -0.4 is 5.32 Å². The highest BCUT2D eigenvalue weighted by Crippen LogP contribution is 2.40. The van der Waals surface area contributed by atoms with Crippen LogP contribution >= 0.6 is 0 Å². The van der Waals surface area contributed by atoms with Crippen LogP contribution in [0.25, 0.3) is 0 Å². The van der Waals surface area contributed by atoms with Crippen LogP contribution in [0.15, 0.2) is 54.9 Å². The fourth-order valence-corrected chi connectivity index (χ4v) is 2.44. The van der Waals surface area contributed by atoms with Crippen LogP contribution in [-0.4, -0.2) is 11.5 Å². The molecule has 0 spiro atoms. The molecule has 0 aliphatic heterocycles. The summed E-state index contributed by atoms with van der Waals surface area (Å²) >= 11 is 0. The molecule has 92 valence electrons. The predicted molar refractivity (Wildman–Crippen MR) is 74.5 cm³/mol. The Labute approximate surface area is 108 Å². The number of benzene rings is 1. The van der Waals surface area contributed by atoms with E-state index >= 15 is 0 Å². The Kier molecular flexibility index (Phi) is 3.26. The van der Waals surface area contributed by atoms with E-state index in [-0.39, 0.29) is 0 Å². The minimum Gasteiger partial charge on any atom is -0.384 e. The van der Waals surface area contributed by atoms with E-state index in [4.69, 9.17) is 0 Å². The van der Waals surface area contributed by atoms with Crippen molar-refractivity contribution in [2.45, 2.75) is 12.8 Å². The lowest BCUT2D eigenvalue weighted by molar-refractivity contribution is 0.720. The van der Waals surface area contributed by atoms with Crippen molar-refractivity contribution in [2.24, 2.45) is 11.8 Å². The highest BCUT2D eigenvalue weighted by Gasteiger charge is 2.36. The first kappa shape index (κ1) is 11.3. The molecule has 2 unspecified atom stereocenters. The Morgan fingerprint density at radius 1 is 1.06 bits per heavy atom. The zero-order chi connectivity index (χ0) is 12.2. The molecule has 2 aromatic rings. The molecule has 18 heavy (non-hydrogen) atoms. The van der Waals surface area contributed by atoms with Gasteiger partial charge in [-0.3, -0.25) is 4.98 Å². The van der Waals surface area contributed by atoms with Crippen molar-refractivity contribution in [3.63, 3.8) is 0 Å². The van der Waals surface area contributed by atoms with E-state index < -0.39 is 0 Å². The van der Waals surface area contributed by atoms with E-state index in [2.05, 4.69) is 46.7 Å². The van der Waals surface area contributed by atoms with Gasteiger partial charge in [0.15, 0.2) is 0 Å². The lowest BCUT2D eigenvalue weighted by Crippen LogP contribution is -2.05. The Morgan fingerprint density at radius 2 is 1.94 bits per heavy atom. The maximum Gasteiger partial charge on any atom is 0.0526 e. The van der Waals surface area contributed by atoms with Gasteiger partial charge in [-0.15, -0.1) is 0 Å². The van der Waals surface area contributed by atoms with Crippen molar-refractivity contribution in [3.8, 4) is 0 Å². The first-order valence-electron chi connectivity index (χ1n) is 6.59. The molecule has 1 saturated carbocycles. The molecule has 2 heteroatoms. The fourth-order valence-electron chi connectivity index (χ4n) is 2.44. The van der Waals surface area contributed by atoms with E-state index in [0.717, 1.165) is 24.1 Å². The van der Waals surface area contributed by atoms with Crippen molar-refractivity contribution in [2.75, 3.05) is 11.9 Å². The molecule has 1 aromatic heterocycles. The zero-order valence-corrected chi connectivity index (χ0v) is 10.4. The summed E-state index contributed by atoms with van der Waals surface area (Å²) in [6, 6.07) is 14.8. The van der Waals surface area contributed by atoms with E-state index in [1.54, 1.807) is 6.20 Å². The van der Waals surface area contributed by atoms with Crippen LogP contribution in [-0.2, 0) is 6.42 Å². The average Bonchev–Trinajstić information content (AvgIpc) is 3.17. The monoisotopic (exact) mass is 238 g/mol. The topological polar surface area (TPSA) is 24.9 Å². The molecule has 0 saturated heterocycles. The molecular weight excluding hydrogens is 220 g/mol. The normalized spacial score (nSPS) is 21.6. The molecule has 0 bridgehead atoms. The molecule has 1 aliphatic rings. The zero-order valence-electron chi connectivity index (χ0n) is 10.4. The predicted octanol–water partition coefficient (Wildman–Crippen LogP) is 3.37. The second-order valence-corrected chi connectivity index (χ2v) is 5.07. The first-order valence-corrected chi connectivity index (χ1v) is 6.59. The van der Waals surface area contributed by atoms with Gasteiger partial charge in [0.2, 0.25) is 0 Å². The molecule has 3 rings (SSSR count). The summed E-state index contributed by atoms with van der Waals surface area (Å²) in [5.74, 6) is 1.68. The number of pyridine rings is 1. The van der Waals surface area contributed by atoms with Gasteiger partial charge >= 0.3 is 0 Å². The number of hydrogen-bond acceptors (Lipinski definition) is 2. The van der Waals surface area contributed by atoms with E-state index in [0.29, 0.717) is 0 Å². The van der Waals surface area contributed by atoms with Crippen LogP contribution in [0.2, 0.25) is 0 Å². The first-order chi connectivity index (χ1) is 8.92. The number of aromatic nitrogens is 1. The number of nitrogens with one attached hydrogen (secondary N) is 1. The minimum absolute atomic E-state index is 0.824. The standard InChI is InChI=1S/C16H18N2/c1-2-5-13(6-3-1)9-14-10-15(14)11-18-16-7-4-8-17-12-16/h1-8,12,14-15,18H,9-11H2. The molecule has 0 amide bonds. The van der Waals surface area contributed by atoms with Crippen LogP contribution in [0.4, 0.5) is 5.69 Å². The van der Waals surface area contributed by atoms with Gasteiger partial charge < -0.3 is 5.32 Å². The molecule has 1 aromatic carbocycles. The van der Waals surface area contributed by atoms with Crippen molar-refractivity contribution in [3.05, 3.63) is 60.4 Å². The summed E-state index contributed by atoms with van der Waals surface area (Å²) in [5.41, 5.74) is 2.59. The highest BCUT2D eigenvalue weighted by atomic mass is 14.9. The van der Waals surface area contributed by atoms with Gasteiger partial charge in [0.25, 0.3) is 0 Å². The second kappa shape index (κ2) is 5.21. The summed E-state index contributed by atoms with van der Waals surface area (Å²) in [4.78, 5) is 4.11. The van der Waals surface area contributed by atoms with Gasteiger partial charge in [-0.25, -0.2) is 0 Å². The Hall–Kier alpha value is -1.83. The Balaban J connectivity index is 1.45. The van der Waals surface area contributed by atoms with Crippen molar-refractivity contribution >= 4 is 5.69 Å². The van der Waals surface area contributed by atoms with Crippen LogP contribution in [0.3, 0.4) is 0 Å². The van der Waals surface area contributed by atoms with Crippen molar-refractivity contribution in [1.29, 1.82) is 0 Å². The Morgan fingerprint density at radius 3 is 2.72 bits per heavy atom. The van der Waals surface area contributed by atoms with Crippen molar-refractivity contribution in [1.82, 2.24) is 4.98 Å². The van der Waals surface area contributed by atoms with Crippen LogP contribution in [0.5, 0.6) is 0 Å². The van der Waals surface area contributed by atoms with Gasteiger partial charge in [0.1, 0.15) is 0 Å². The van der Waals surface area contributed by atoms with E-state index in [1.807, 2.05) is 12.3 Å². The van der Waals surface area contributed by atoms with Gasteiger partial charge in [-0.1, -0.05) is 30.3 Å². The lowest BCUT2D eigenvalue weighted by Gasteiger charge is -2.05. The number of nitrogens with zero attached hydrogens (tertiary/aromatic N) is 1. The van der Waals surface area contributed by atoms with Gasteiger partial charge in [-0.05, 0) is 42.4 Å². The number of anilines is 1. The smallest absolute Gasteiger partial charge is 0.0526 e. The number of hydrogen-bond donors (Lipinski definition) is 1. The van der Waals surface area contributed by atoms with Crippen LogP contribution in [0.1, 0.15) is 12.0 Å². The third-order valence-electron chi connectivity index (χ3n) is 3.64. The molecule has 1 aliphatic carbocycles. The number of rotatable bonds is 5. The van der Waals surface area contributed by atoms with Gasteiger partial charge in [0, 0.05) is 18.9 Å². The summed E-state index contributed by atoms with van der Waals surface area (Å²) < 4.78 is 0. The average molecular weight is 238 g/mol. The maximum absolute atomic E-state index is 4.11. The quantitative estimate of drug-likeness (QED) is 0.863. The summed E-state index contributed by atoms with van der Waals surface area (Å²) in [5, 5.41) is 3.46. The Bertz CT molecular complexity index is 481. The third kappa shape index (κ3) is 2.89. The van der Waals surface area contributed by atoms with Gasteiger partial charge in [-0.2, -0.15) is 0 Å². The van der Waals surface area contributed by atoms with Crippen molar-refractivity contribution < 1.29 is 0 Å². The minimum atomic E-state index is 0.824. The molecule has 1 fully saturated rings. The summed E-state index contributed by atoms with van der Waals surface area (Å²) in [6.07, 6.45) is 6.26. The molecular formula is C16H18N2. The molecule has 2 nitrogen and oxygen atoms in total. The van der Waals surface area contributed by atoms with Crippen LogP contribution in [0, 0.1) is 11.8 Å². The molecule has 2 atom stereocenters. The lowest BCUT2D eigenvalue weighted by atomic mass is 10.1. The highest BCUT2D eigenvalue weighted by molar-refractivity contribution is 5.39. The maximum atomic E-state index is 4.11. The summed E-state index contributed by atoms with van der Waals surface area (Å²) in [6.45, 7) is 1.07. The fraction of sp³-hybridized carbons (Fsp3) is 0.312. The molecule has 0 radical (unpaired) electrons. The van der Waals surface area contributed by atoms with E-state index in [1.165, 1.54) is 18.4 Å². The molecule has 1 N–H and O–H groups in total. The third-order valence-corrected chi connectivity index (χ3v) is 3.64. The largest absolute Gasteiger partial charge is 0.384 e. The van der Waals surface area contributed by atoms with Gasteiger partial charge in [0.05, 0.1) is 5.69 Å². The summed E-state index contributed by atoms with van der Waals surface area (Å²) in [7, 11) is 0. The SMILES string of the molecule is c1ccc(CC2CC2CNc2cccnc2)cc1. The van der Waals surface area contributed by atoms with E-state index in [9.17, 15) is 0 Å². The molecule has 1 heterocycles.